The largest absolute Gasteiger partial charge is 0.462 e. The van der Waals surface area contributed by atoms with Crippen LogP contribution in [0.2, 0.25) is 0 Å². The molecule has 0 radical (unpaired) electrons. The molecule has 15 heavy (non-hydrogen) atoms. The zero-order chi connectivity index (χ0) is 11.3. The second-order valence-corrected chi connectivity index (χ2v) is 3.77. The number of ether oxygens (including phenoxy) is 1. The Morgan fingerprint density at radius 2 is 2.47 bits per heavy atom. The van der Waals surface area contributed by atoms with Gasteiger partial charge in [-0.25, -0.2) is 0 Å². The van der Waals surface area contributed by atoms with Gasteiger partial charge in [0.05, 0.1) is 12.6 Å². The maximum absolute atomic E-state index is 11.9. The van der Waals surface area contributed by atoms with Gasteiger partial charge in [0.15, 0.2) is 0 Å². The van der Waals surface area contributed by atoms with Crippen LogP contribution in [-0.2, 0) is 9.53 Å². The van der Waals surface area contributed by atoms with E-state index in [1.807, 2.05) is 19.9 Å². The van der Waals surface area contributed by atoms with Gasteiger partial charge in [0.2, 0.25) is 0 Å². The number of hydrogen-bond donors (Lipinski definition) is 0. The molecule has 3 nitrogen and oxygen atoms in total. The zero-order valence-corrected chi connectivity index (χ0v) is 9.06. The molecule has 0 amide bonds. The van der Waals surface area contributed by atoms with Crippen LogP contribution in [0.1, 0.15) is 20.3 Å². The van der Waals surface area contributed by atoms with Gasteiger partial charge in [-0.05, 0) is 13.8 Å². The molecule has 1 aliphatic heterocycles. The predicted molar refractivity (Wildman–Crippen MR) is 59.6 cm³/mol. The smallest absolute Gasteiger partial charge is 0.322 e. The van der Waals surface area contributed by atoms with Crippen molar-refractivity contribution in [2.24, 2.45) is 10.4 Å². The quantitative estimate of drug-likeness (QED) is 0.398. The normalized spacial score (nSPS) is 23.9. The van der Waals surface area contributed by atoms with Crippen molar-refractivity contribution in [1.82, 2.24) is 0 Å². The molecule has 0 fully saturated rings. The van der Waals surface area contributed by atoms with Crippen molar-refractivity contribution in [3.63, 3.8) is 0 Å². The molecule has 0 unspecified atom stereocenters. The second kappa shape index (κ2) is 4.79. The lowest BCUT2D eigenvalue weighted by atomic mass is 9.84. The first-order valence-corrected chi connectivity index (χ1v) is 4.94. The molecular formula is C12H15NO2. The molecule has 1 atom stereocenters. The summed E-state index contributed by atoms with van der Waals surface area (Å²) in [5, 5.41) is 0. The first-order valence-electron chi connectivity index (χ1n) is 4.94. The summed E-state index contributed by atoms with van der Waals surface area (Å²) >= 11 is 0. The Labute approximate surface area is 90.2 Å². The molecule has 0 spiro atoms. The lowest BCUT2D eigenvalue weighted by Crippen LogP contribution is -2.35. The fourth-order valence-electron chi connectivity index (χ4n) is 1.37. The fourth-order valence-corrected chi connectivity index (χ4v) is 1.37. The molecule has 0 saturated carbocycles. The van der Waals surface area contributed by atoms with Gasteiger partial charge in [-0.3, -0.25) is 9.79 Å². The van der Waals surface area contributed by atoms with E-state index >= 15 is 0 Å². The first kappa shape index (κ1) is 11.5. The van der Waals surface area contributed by atoms with Gasteiger partial charge in [-0.15, -0.1) is 12.3 Å². The summed E-state index contributed by atoms with van der Waals surface area (Å²) in [6.07, 6.45) is 10.6. The van der Waals surface area contributed by atoms with Crippen LogP contribution in [0, 0.1) is 17.8 Å². The summed E-state index contributed by atoms with van der Waals surface area (Å²) in [5.41, 5.74) is -0.850. The van der Waals surface area contributed by atoms with Crippen LogP contribution in [0.4, 0.5) is 0 Å². The van der Waals surface area contributed by atoms with Crippen molar-refractivity contribution in [2.45, 2.75) is 26.4 Å². The van der Waals surface area contributed by atoms with E-state index in [2.05, 4.69) is 10.9 Å². The van der Waals surface area contributed by atoms with Crippen molar-refractivity contribution < 1.29 is 9.53 Å². The Morgan fingerprint density at radius 3 is 2.93 bits per heavy atom. The average molecular weight is 205 g/mol. The minimum atomic E-state index is -0.850. The zero-order valence-electron chi connectivity index (χ0n) is 9.06. The van der Waals surface area contributed by atoms with Crippen LogP contribution in [-0.4, -0.2) is 24.8 Å². The van der Waals surface area contributed by atoms with E-state index in [-0.39, 0.29) is 12.1 Å². The van der Waals surface area contributed by atoms with Crippen molar-refractivity contribution in [3.8, 4) is 12.3 Å². The molecule has 0 bridgehead atoms. The molecular weight excluding hydrogens is 190 g/mol. The van der Waals surface area contributed by atoms with E-state index in [0.717, 1.165) is 0 Å². The number of hydrogen-bond acceptors (Lipinski definition) is 3. The Kier molecular flexibility index (Phi) is 3.68. The van der Waals surface area contributed by atoms with E-state index in [4.69, 9.17) is 11.2 Å². The summed E-state index contributed by atoms with van der Waals surface area (Å²) in [5.74, 6) is 2.17. The van der Waals surface area contributed by atoms with Gasteiger partial charge in [0.1, 0.15) is 5.41 Å². The monoisotopic (exact) mass is 205 g/mol. The number of carbonyl (C=O) groups excluding carboxylic acids is 1. The van der Waals surface area contributed by atoms with Crippen LogP contribution < -0.4 is 0 Å². The third kappa shape index (κ3) is 2.69. The Bertz CT molecular complexity index is 322. The van der Waals surface area contributed by atoms with Crippen molar-refractivity contribution >= 4 is 12.2 Å². The number of nitrogens with zero attached hydrogens (tertiary/aromatic N) is 1. The van der Waals surface area contributed by atoms with Crippen molar-refractivity contribution in [3.05, 3.63) is 12.2 Å². The average Bonchev–Trinajstić information content (AvgIpc) is 2.18. The number of esters is 1. The second-order valence-electron chi connectivity index (χ2n) is 3.77. The molecule has 0 aliphatic carbocycles. The van der Waals surface area contributed by atoms with Gasteiger partial charge < -0.3 is 4.74 Å². The predicted octanol–water partition coefficient (Wildman–Crippen LogP) is 1.59. The molecule has 1 aliphatic rings. The van der Waals surface area contributed by atoms with Gasteiger partial charge in [-0.2, -0.15) is 0 Å². The molecule has 0 aromatic rings. The van der Waals surface area contributed by atoms with Crippen LogP contribution in [0.15, 0.2) is 17.1 Å². The highest BCUT2D eigenvalue weighted by atomic mass is 16.5. The first-order chi connectivity index (χ1) is 7.10. The SMILES string of the molecule is C#CC[C@]1(C(=O)OC(C)C)C=CCN=C1. The highest BCUT2D eigenvalue weighted by Crippen LogP contribution is 2.26. The van der Waals surface area contributed by atoms with Gasteiger partial charge >= 0.3 is 5.97 Å². The lowest BCUT2D eigenvalue weighted by molar-refractivity contribution is -0.153. The number of dihydropyridines is 1. The molecule has 0 N–H and O–H groups in total. The lowest BCUT2D eigenvalue weighted by Gasteiger charge is -2.25. The van der Waals surface area contributed by atoms with Gasteiger partial charge in [0.25, 0.3) is 0 Å². The molecule has 3 heteroatoms. The van der Waals surface area contributed by atoms with E-state index in [0.29, 0.717) is 13.0 Å². The number of terminal acetylenes is 1. The molecule has 80 valence electrons. The highest BCUT2D eigenvalue weighted by molar-refractivity contribution is 5.98. The number of carbonyl (C=O) groups is 1. The van der Waals surface area contributed by atoms with E-state index in [1.54, 1.807) is 12.3 Å². The summed E-state index contributed by atoms with van der Waals surface area (Å²) in [7, 11) is 0. The molecule has 1 heterocycles. The number of rotatable bonds is 3. The van der Waals surface area contributed by atoms with Crippen LogP contribution in [0.3, 0.4) is 0 Å². The van der Waals surface area contributed by atoms with Crippen molar-refractivity contribution in [2.75, 3.05) is 6.54 Å². The van der Waals surface area contributed by atoms with Crippen molar-refractivity contribution in [1.29, 1.82) is 0 Å². The van der Waals surface area contributed by atoms with Crippen LogP contribution in [0.25, 0.3) is 0 Å². The Morgan fingerprint density at radius 1 is 1.73 bits per heavy atom. The van der Waals surface area contributed by atoms with Gasteiger partial charge in [0, 0.05) is 12.6 Å². The third-order valence-corrected chi connectivity index (χ3v) is 2.07. The summed E-state index contributed by atoms with van der Waals surface area (Å²) in [6.45, 7) is 4.22. The summed E-state index contributed by atoms with van der Waals surface area (Å²) < 4.78 is 5.17. The Hall–Kier alpha value is -1.56. The summed E-state index contributed by atoms with van der Waals surface area (Å²) in [6, 6.07) is 0. The fraction of sp³-hybridized carbons (Fsp3) is 0.500. The highest BCUT2D eigenvalue weighted by Gasteiger charge is 2.36. The molecule has 0 aromatic carbocycles. The van der Waals surface area contributed by atoms with Crippen LogP contribution >= 0.6 is 0 Å². The minimum absolute atomic E-state index is 0.143. The van der Waals surface area contributed by atoms with Gasteiger partial charge in [-0.1, -0.05) is 12.2 Å². The van der Waals surface area contributed by atoms with Crippen LogP contribution in [0.5, 0.6) is 0 Å². The molecule has 1 rings (SSSR count). The molecule has 0 aromatic heterocycles. The van der Waals surface area contributed by atoms with E-state index < -0.39 is 5.41 Å². The maximum Gasteiger partial charge on any atom is 0.322 e. The Balaban J connectivity index is 2.86. The maximum atomic E-state index is 11.9. The summed E-state index contributed by atoms with van der Waals surface area (Å²) in [4.78, 5) is 15.9. The third-order valence-electron chi connectivity index (χ3n) is 2.07. The minimum Gasteiger partial charge on any atom is -0.462 e. The topological polar surface area (TPSA) is 38.7 Å². The van der Waals surface area contributed by atoms with E-state index in [1.165, 1.54) is 0 Å². The number of aliphatic imine (C=N–C) groups is 1. The molecule has 0 saturated heterocycles. The van der Waals surface area contributed by atoms with E-state index in [9.17, 15) is 4.79 Å². The standard InChI is InChI=1S/C12H15NO2/c1-4-6-12(7-5-8-13-9-12)11(14)15-10(2)3/h1,5,7,9-10H,6,8H2,2-3H3/t12-/m0/s1.